The van der Waals surface area contributed by atoms with Gasteiger partial charge in [-0.1, -0.05) is 49.1 Å². The van der Waals surface area contributed by atoms with Gasteiger partial charge in [-0.25, -0.2) is 0 Å². The number of benzene rings is 1. The molecule has 1 aromatic rings. The van der Waals surface area contributed by atoms with Gasteiger partial charge in [0.25, 0.3) is 0 Å². The molecule has 0 amide bonds. The number of nitrogens with one attached hydrogen (secondary N) is 2. The van der Waals surface area contributed by atoms with Gasteiger partial charge in [-0.3, -0.25) is 4.99 Å². The van der Waals surface area contributed by atoms with E-state index < -0.39 is 0 Å². The Kier molecular flexibility index (Phi) is 4.36. The molecule has 1 heterocycles. The molecule has 108 valence electrons. The van der Waals surface area contributed by atoms with Crippen molar-refractivity contribution in [2.45, 2.75) is 51.1 Å². The summed E-state index contributed by atoms with van der Waals surface area (Å²) in [5.41, 5.74) is 2.64. The van der Waals surface area contributed by atoms with Crippen LogP contribution in [0.5, 0.6) is 0 Å². The van der Waals surface area contributed by atoms with Crippen LogP contribution in [0, 0.1) is 6.92 Å². The second kappa shape index (κ2) is 6.40. The monoisotopic (exact) mass is 271 g/mol. The van der Waals surface area contributed by atoms with Gasteiger partial charge in [0.15, 0.2) is 0 Å². The zero-order valence-electron chi connectivity index (χ0n) is 12.4. The van der Waals surface area contributed by atoms with E-state index in [2.05, 4.69) is 41.8 Å². The molecule has 3 heteroatoms. The average molecular weight is 271 g/mol. The van der Waals surface area contributed by atoms with Crippen LogP contribution in [0.1, 0.15) is 49.3 Å². The molecule has 0 bridgehead atoms. The first kappa shape index (κ1) is 13.6. The Hall–Kier alpha value is -1.35. The molecule has 1 fully saturated rings. The topological polar surface area (TPSA) is 36.4 Å². The Morgan fingerprint density at radius 1 is 1.20 bits per heavy atom. The zero-order valence-corrected chi connectivity index (χ0v) is 12.4. The maximum atomic E-state index is 4.75. The van der Waals surface area contributed by atoms with Crippen molar-refractivity contribution >= 4 is 5.84 Å². The number of aliphatic imine (C=N–C) groups is 1. The Bertz CT molecular complexity index is 475. The molecule has 2 N–H and O–H groups in total. The summed E-state index contributed by atoms with van der Waals surface area (Å²) in [6.45, 7) is 4.00. The molecule has 1 aromatic carbocycles. The molecule has 3 nitrogen and oxygen atoms in total. The van der Waals surface area contributed by atoms with Crippen LogP contribution in [0.2, 0.25) is 0 Å². The second-order valence-electron chi connectivity index (χ2n) is 6.05. The maximum absolute atomic E-state index is 4.75. The summed E-state index contributed by atoms with van der Waals surface area (Å²) in [6.07, 6.45) is 6.68. The number of hydrogen-bond acceptors (Lipinski definition) is 3. The van der Waals surface area contributed by atoms with Crippen molar-refractivity contribution in [2.75, 3.05) is 13.1 Å². The number of aryl methyl sites for hydroxylation is 1. The number of amidine groups is 1. The summed E-state index contributed by atoms with van der Waals surface area (Å²) < 4.78 is 0. The van der Waals surface area contributed by atoms with E-state index in [4.69, 9.17) is 4.99 Å². The van der Waals surface area contributed by atoms with Gasteiger partial charge >= 0.3 is 0 Å². The highest BCUT2D eigenvalue weighted by Gasteiger charge is 2.24. The fourth-order valence-electron chi connectivity index (χ4n) is 3.28. The molecule has 1 aliphatic heterocycles. The molecule has 0 radical (unpaired) electrons. The molecule has 1 unspecified atom stereocenters. The van der Waals surface area contributed by atoms with Crippen LogP contribution in [-0.2, 0) is 0 Å². The molecular weight excluding hydrogens is 246 g/mol. The van der Waals surface area contributed by atoms with E-state index in [-0.39, 0.29) is 6.04 Å². The van der Waals surface area contributed by atoms with Gasteiger partial charge < -0.3 is 10.6 Å². The van der Waals surface area contributed by atoms with Crippen molar-refractivity contribution in [3.05, 3.63) is 35.4 Å². The van der Waals surface area contributed by atoms with Crippen molar-refractivity contribution in [3.8, 4) is 0 Å². The Labute approximate surface area is 121 Å². The highest BCUT2D eigenvalue weighted by molar-refractivity contribution is 5.89. The third-order valence-electron chi connectivity index (χ3n) is 4.35. The fraction of sp³-hybridized carbons (Fsp3) is 0.588. The Morgan fingerprint density at radius 3 is 2.85 bits per heavy atom. The smallest absolute Gasteiger partial charge is 0.118 e. The molecule has 1 saturated carbocycles. The summed E-state index contributed by atoms with van der Waals surface area (Å²) in [5, 5.41) is 7.32. The lowest BCUT2D eigenvalue weighted by atomic mass is 9.94. The third-order valence-corrected chi connectivity index (χ3v) is 4.35. The lowest BCUT2D eigenvalue weighted by Gasteiger charge is -2.31. The number of nitrogens with zero attached hydrogens (tertiary/aromatic N) is 1. The van der Waals surface area contributed by atoms with Crippen LogP contribution in [0.3, 0.4) is 0 Å². The van der Waals surface area contributed by atoms with E-state index >= 15 is 0 Å². The van der Waals surface area contributed by atoms with Crippen molar-refractivity contribution in [1.29, 1.82) is 0 Å². The van der Waals surface area contributed by atoms with E-state index in [1.807, 2.05) is 0 Å². The summed E-state index contributed by atoms with van der Waals surface area (Å²) >= 11 is 0. The maximum Gasteiger partial charge on any atom is 0.118 e. The normalized spacial score (nSPS) is 24.2. The summed E-state index contributed by atoms with van der Waals surface area (Å²) in [4.78, 5) is 4.75. The van der Waals surface area contributed by atoms with E-state index in [0.29, 0.717) is 6.04 Å². The zero-order chi connectivity index (χ0) is 13.8. The third kappa shape index (κ3) is 3.21. The van der Waals surface area contributed by atoms with E-state index in [9.17, 15) is 0 Å². The first-order valence-corrected chi connectivity index (χ1v) is 7.94. The second-order valence-corrected chi connectivity index (χ2v) is 6.05. The summed E-state index contributed by atoms with van der Waals surface area (Å²) in [5.74, 6) is 1.15. The number of hydrogen-bond donors (Lipinski definition) is 2. The number of rotatable bonds is 2. The van der Waals surface area contributed by atoms with Crippen LogP contribution in [0.4, 0.5) is 0 Å². The highest BCUT2D eigenvalue weighted by Crippen LogP contribution is 2.21. The lowest BCUT2D eigenvalue weighted by molar-refractivity contribution is 0.406. The molecule has 0 aromatic heterocycles. The van der Waals surface area contributed by atoms with Crippen LogP contribution in [0.25, 0.3) is 0 Å². The molecule has 3 rings (SSSR count). The van der Waals surface area contributed by atoms with Gasteiger partial charge in [-0.15, -0.1) is 0 Å². The molecule has 0 spiro atoms. The van der Waals surface area contributed by atoms with Crippen LogP contribution in [0.15, 0.2) is 29.3 Å². The quantitative estimate of drug-likeness (QED) is 0.867. The van der Waals surface area contributed by atoms with Gasteiger partial charge in [0, 0.05) is 12.6 Å². The van der Waals surface area contributed by atoms with Crippen LogP contribution >= 0.6 is 0 Å². The van der Waals surface area contributed by atoms with Crippen LogP contribution in [-0.4, -0.2) is 25.0 Å². The first-order valence-electron chi connectivity index (χ1n) is 7.94. The first-order chi connectivity index (χ1) is 9.83. The fourth-order valence-corrected chi connectivity index (χ4v) is 3.28. The van der Waals surface area contributed by atoms with Crippen molar-refractivity contribution in [1.82, 2.24) is 10.6 Å². The van der Waals surface area contributed by atoms with Gasteiger partial charge in [0.2, 0.25) is 0 Å². The average Bonchev–Trinajstić information content (AvgIpc) is 2.49. The molecule has 2 aliphatic rings. The molecule has 20 heavy (non-hydrogen) atoms. The summed E-state index contributed by atoms with van der Waals surface area (Å²) in [7, 11) is 0. The van der Waals surface area contributed by atoms with Gasteiger partial charge in [-0.2, -0.15) is 0 Å². The van der Waals surface area contributed by atoms with E-state index in [1.54, 1.807) is 0 Å². The van der Waals surface area contributed by atoms with Crippen molar-refractivity contribution in [2.24, 2.45) is 4.99 Å². The van der Waals surface area contributed by atoms with E-state index in [0.717, 1.165) is 18.9 Å². The standard InChI is InChI=1S/C17H25N3/c1-13-6-5-7-14(12-13)16-17(19-11-10-18-16)20-15-8-3-2-4-9-15/h5-7,12,15-16,18H,2-4,8-11H2,1H3,(H,19,20). The Morgan fingerprint density at radius 2 is 2.05 bits per heavy atom. The molecule has 1 aliphatic carbocycles. The minimum absolute atomic E-state index is 0.241. The Balaban J connectivity index is 1.75. The largest absolute Gasteiger partial charge is 0.370 e. The molecular formula is C17H25N3. The van der Waals surface area contributed by atoms with E-state index in [1.165, 1.54) is 43.2 Å². The van der Waals surface area contributed by atoms with Gasteiger partial charge in [0.05, 0.1) is 12.6 Å². The van der Waals surface area contributed by atoms with Crippen molar-refractivity contribution in [3.63, 3.8) is 0 Å². The predicted molar refractivity (Wildman–Crippen MR) is 84.2 cm³/mol. The van der Waals surface area contributed by atoms with Crippen molar-refractivity contribution < 1.29 is 0 Å². The SMILES string of the molecule is Cc1cccc(C2NCCN=C2NC2CCCCC2)c1. The van der Waals surface area contributed by atoms with Gasteiger partial charge in [-0.05, 0) is 25.3 Å². The molecule has 1 atom stereocenters. The molecule has 0 saturated heterocycles. The predicted octanol–water partition coefficient (Wildman–Crippen LogP) is 2.96. The van der Waals surface area contributed by atoms with Gasteiger partial charge in [0.1, 0.15) is 5.84 Å². The lowest BCUT2D eigenvalue weighted by Crippen LogP contribution is -2.46. The van der Waals surface area contributed by atoms with Crippen LogP contribution < -0.4 is 10.6 Å². The minimum atomic E-state index is 0.241. The minimum Gasteiger partial charge on any atom is -0.370 e. The summed E-state index contributed by atoms with van der Waals surface area (Å²) in [6, 6.07) is 9.62. The highest BCUT2D eigenvalue weighted by atomic mass is 15.1.